The second kappa shape index (κ2) is 3.86. The van der Waals surface area contributed by atoms with Gasteiger partial charge in [0.05, 0.1) is 4.70 Å². The molecular formula is C14H11NOS. The first-order valence-corrected chi connectivity index (χ1v) is 6.29. The lowest BCUT2D eigenvalue weighted by Crippen LogP contribution is -2.05. The second-order valence-corrected chi connectivity index (χ2v) is 5.00. The van der Waals surface area contributed by atoms with Crippen molar-refractivity contribution in [1.82, 2.24) is 4.98 Å². The van der Waals surface area contributed by atoms with Crippen LogP contribution in [0.4, 0.5) is 0 Å². The van der Waals surface area contributed by atoms with E-state index in [9.17, 15) is 4.79 Å². The van der Waals surface area contributed by atoms with Crippen molar-refractivity contribution in [2.75, 3.05) is 0 Å². The van der Waals surface area contributed by atoms with E-state index in [1.54, 1.807) is 0 Å². The minimum Gasteiger partial charge on any atom is -0.321 e. The molecule has 1 aromatic carbocycles. The number of hydrogen-bond acceptors (Lipinski definition) is 2. The Morgan fingerprint density at radius 1 is 1.12 bits per heavy atom. The topological polar surface area (TPSA) is 32.9 Å². The molecule has 0 bridgehead atoms. The number of thiophene rings is 1. The Morgan fingerprint density at radius 2 is 1.88 bits per heavy atom. The summed E-state index contributed by atoms with van der Waals surface area (Å²) in [7, 11) is 0. The minimum absolute atomic E-state index is 0.00641. The number of nitrogens with one attached hydrogen (secondary N) is 1. The molecule has 3 rings (SSSR count). The van der Waals surface area contributed by atoms with Crippen LogP contribution in [-0.4, -0.2) is 4.98 Å². The first kappa shape index (κ1) is 10.3. The summed E-state index contributed by atoms with van der Waals surface area (Å²) in [5.74, 6) is 0. The third kappa shape index (κ3) is 1.78. The van der Waals surface area contributed by atoms with Gasteiger partial charge in [-0.25, -0.2) is 0 Å². The molecule has 0 aliphatic rings. The maximum absolute atomic E-state index is 11.9. The highest BCUT2D eigenvalue weighted by Crippen LogP contribution is 2.22. The van der Waals surface area contributed by atoms with Gasteiger partial charge >= 0.3 is 0 Å². The van der Waals surface area contributed by atoms with E-state index in [1.807, 2.05) is 41.8 Å². The van der Waals surface area contributed by atoms with Crippen molar-refractivity contribution in [2.45, 2.75) is 6.92 Å². The van der Waals surface area contributed by atoms with Crippen molar-refractivity contribution in [3.63, 3.8) is 0 Å². The van der Waals surface area contributed by atoms with E-state index in [2.05, 4.69) is 11.9 Å². The van der Waals surface area contributed by atoms with E-state index in [-0.39, 0.29) is 5.56 Å². The SMILES string of the molecule is Cc1ccc(-c2cc3ccsc3c(=O)[nH]2)cc1. The summed E-state index contributed by atoms with van der Waals surface area (Å²) in [6, 6.07) is 12.2. The van der Waals surface area contributed by atoms with Crippen molar-refractivity contribution in [3.05, 3.63) is 57.7 Å². The average molecular weight is 241 g/mol. The number of aromatic nitrogens is 1. The molecule has 0 unspecified atom stereocenters. The van der Waals surface area contributed by atoms with Gasteiger partial charge in [0.2, 0.25) is 0 Å². The molecule has 0 aliphatic heterocycles. The first-order chi connectivity index (χ1) is 8.24. The minimum atomic E-state index is -0.00641. The number of benzene rings is 1. The molecule has 0 radical (unpaired) electrons. The van der Waals surface area contributed by atoms with E-state index in [4.69, 9.17) is 0 Å². The monoisotopic (exact) mass is 241 g/mol. The van der Waals surface area contributed by atoms with E-state index < -0.39 is 0 Å². The predicted molar refractivity (Wildman–Crippen MR) is 72.6 cm³/mol. The van der Waals surface area contributed by atoms with Crippen LogP contribution in [0.2, 0.25) is 0 Å². The van der Waals surface area contributed by atoms with Crippen LogP contribution in [0.3, 0.4) is 0 Å². The van der Waals surface area contributed by atoms with Crippen LogP contribution >= 0.6 is 11.3 Å². The van der Waals surface area contributed by atoms with E-state index in [0.29, 0.717) is 0 Å². The molecule has 0 amide bonds. The van der Waals surface area contributed by atoms with Crippen LogP contribution < -0.4 is 5.56 Å². The van der Waals surface area contributed by atoms with Crippen LogP contribution in [0.25, 0.3) is 21.3 Å². The molecule has 1 N–H and O–H groups in total. The highest BCUT2D eigenvalue weighted by atomic mass is 32.1. The molecule has 84 valence electrons. The molecule has 17 heavy (non-hydrogen) atoms. The predicted octanol–water partition coefficient (Wildman–Crippen LogP) is 3.57. The third-order valence-electron chi connectivity index (χ3n) is 2.81. The van der Waals surface area contributed by atoms with Crippen molar-refractivity contribution >= 4 is 21.4 Å². The van der Waals surface area contributed by atoms with Crippen molar-refractivity contribution in [1.29, 1.82) is 0 Å². The fourth-order valence-electron chi connectivity index (χ4n) is 1.88. The van der Waals surface area contributed by atoms with Gasteiger partial charge < -0.3 is 4.98 Å². The summed E-state index contributed by atoms with van der Waals surface area (Å²) >= 11 is 1.48. The Labute approximate surface area is 103 Å². The zero-order chi connectivity index (χ0) is 11.8. The van der Waals surface area contributed by atoms with Crippen LogP contribution in [0, 0.1) is 6.92 Å². The molecule has 0 aliphatic carbocycles. The molecule has 2 heterocycles. The van der Waals surface area contributed by atoms with Crippen molar-refractivity contribution in [2.24, 2.45) is 0 Å². The highest BCUT2D eigenvalue weighted by Gasteiger charge is 2.04. The molecule has 0 fully saturated rings. The van der Waals surface area contributed by atoms with E-state index >= 15 is 0 Å². The highest BCUT2D eigenvalue weighted by molar-refractivity contribution is 7.17. The summed E-state index contributed by atoms with van der Waals surface area (Å²) in [4.78, 5) is 14.8. The lowest BCUT2D eigenvalue weighted by Gasteiger charge is -2.02. The second-order valence-electron chi connectivity index (χ2n) is 4.08. The van der Waals surface area contributed by atoms with Crippen LogP contribution in [0.15, 0.2) is 46.6 Å². The molecule has 0 saturated carbocycles. The number of H-pyrrole nitrogens is 1. The lowest BCUT2D eigenvalue weighted by molar-refractivity contribution is 1.28. The molecule has 3 heteroatoms. The van der Waals surface area contributed by atoms with Crippen LogP contribution in [0.1, 0.15) is 5.56 Å². The Kier molecular flexibility index (Phi) is 2.34. The fraction of sp³-hybridized carbons (Fsp3) is 0.0714. The largest absolute Gasteiger partial charge is 0.321 e. The van der Waals surface area contributed by atoms with Gasteiger partial charge in [-0.2, -0.15) is 0 Å². The zero-order valence-electron chi connectivity index (χ0n) is 9.36. The number of hydrogen-bond donors (Lipinski definition) is 1. The van der Waals surface area contributed by atoms with Gasteiger partial charge in [0.25, 0.3) is 5.56 Å². The normalized spacial score (nSPS) is 10.9. The molecular weight excluding hydrogens is 230 g/mol. The lowest BCUT2D eigenvalue weighted by atomic mass is 10.1. The summed E-state index contributed by atoms with van der Waals surface area (Å²) in [5, 5.41) is 2.95. The maximum atomic E-state index is 11.9. The van der Waals surface area contributed by atoms with Gasteiger partial charge in [0.15, 0.2) is 0 Å². The maximum Gasteiger partial charge on any atom is 0.266 e. The average Bonchev–Trinajstić information content (AvgIpc) is 2.78. The van der Waals surface area contributed by atoms with Gasteiger partial charge in [-0.05, 0) is 30.0 Å². The smallest absolute Gasteiger partial charge is 0.266 e. The molecule has 2 aromatic heterocycles. The first-order valence-electron chi connectivity index (χ1n) is 5.41. The van der Waals surface area contributed by atoms with Gasteiger partial charge in [0.1, 0.15) is 0 Å². The molecule has 0 saturated heterocycles. The Bertz CT molecular complexity index is 722. The summed E-state index contributed by atoms with van der Waals surface area (Å²) in [5.41, 5.74) is 3.13. The Hall–Kier alpha value is -1.87. The quantitative estimate of drug-likeness (QED) is 0.694. The standard InChI is InChI=1S/C14H11NOS/c1-9-2-4-10(5-3-9)12-8-11-6-7-17-13(11)14(16)15-12/h2-8H,1H3,(H,15,16). The molecule has 2 nitrogen and oxygen atoms in total. The zero-order valence-corrected chi connectivity index (χ0v) is 10.2. The number of fused-ring (bicyclic) bond motifs is 1. The van der Waals surface area contributed by atoms with E-state index in [0.717, 1.165) is 21.3 Å². The Balaban J connectivity index is 2.23. The summed E-state index contributed by atoms with van der Waals surface area (Å²) < 4.78 is 0.792. The molecule has 3 aromatic rings. The van der Waals surface area contributed by atoms with Gasteiger partial charge in [-0.1, -0.05) is 29.8 Å². The molecule has 0 atom stereocenters. The van der Waals surface area contributed by atoms with Crippen LogP contribution in [0.5, 0.6) is 0 Å². The number of pyridine rings is 1. The van der Waals surface area contributed by atoms with Gasteiger partial charge in [-0.15, -0.1) is 11.3 Å². The van der Waals surface area contributed by atoms with Gasteiger partial charge in [0, 0.05) is 11.1 Å². The van der Waals surface area contributed by atoms with Crippen LogP contribution in [-0.2, 0) is 0 Å². The summed E-state index contributed by atoms with van der Waals surface area (Å²) in [6.45, 7) is 2.05. The molecule has 0 spiro atoms. The number of aromatic amines is 1. The van der Waals surface area contributed by atoms with Crippen molar-refractivity contribution in [3.8, 4) is 11.3 Å². The number of aryl methyl sites for hydroxylation is 1. The van der Waals surface area contributed by atoms with Crippen molar-refractivity contribution < 1.29 is 0 Å². The fourth-order valence-corrected chi connectivity index (χ4v) is 2.65. The third-order valence-corrected chi connectivity index (χ3v) is 3.74. The summed E-state index contributed by atoms with van der Waals surface area (Å²) in [6.07, 6.45) is 0. The number of rotatable bonds is 1. The van der Waals surface area contributed by atoms with E-state index in [1.165, 1.54) is 16.9 Å². The van der Waals surface area contributed by atoms with Gasteiger partial charge in [-0.3, -0.25) is 4.79 Å². The Morgan fingerprint density at radius 3 is 2.65 bits per heavy atom.